The summed E-state index contributed by atoms with van der Waals surface area (Å²) in [6.45, 7) is 11.1. The molecule has 12 heavy (non-hydrogen) atoms. The van der Waals surface area contributed by atoms with Crippen molar-refractivity contribution in [1.29, 1.82) is 0 Å². The Kier molecular flexibility index (Phi) is 21.9. The normalized spacial score (nSPS) is 7.75. The van der Waals surface area contributed by atoms with Crippen molar-refractivity contribution >= 4 is 7.92 Å². The van der Waals surface area contributed by atoms with Crippen LogP contribution in [0, 0.1) is 0 Å². The van der Waals surface area contributed by atoms with E-state index in [1.807, 2.05) is 18.2 Å². The van der Waals surface area contributed by atoms with Crippen LogP contribution in [0.4, 0.5) is 0 Å². The zero-order chi connectivity index (χ0) is 7.82. The minimum absolute atomic E-state index is 0. The van der Waals surface area contributed by atoms with Gasteiger partial charge in [0.2, 0.25) is 0 Å². The molecule has 0 saturated heterocycles. The molecule has 0 aliphatic rings. The maximum Gasteiger partial charge on any atom is 1.00 e. The molecule has 3 heteroatoms. The molecule has 0 heterocycles. The van der Waals surface area contributed by atoms with E-state index < -0.39 is 0 Å². The van der Waals surface area contributed by atoms with Crippen LogP contribution in [0.2, 0.25) is 0 Å². The minimum atomic E-state index is 0. The molecule has 0 nitrogen and oxygen atoms in total. The largest absolute Gasteiger partial charge is 1.00 e. The summed E-state index contributed by atoms with van der Waals surface area (Å²) in [5.74, 6) is 0. The molecule has 0 aliphatic heterocycles. The third kappa shape index (κ3) is 10.7. The smallest absolute Gasteiger partial charge is 1.00 e. The first-order chi connectivity index (χ1) is 4.85. The third-order valence-electron chi connectivity index (χ3n) is 1.16. The number of hydrogen-bond acceptors (Lipinski definition) is 0. The number of hydrogen-bond donors (Lipinski definition) is 0. The van der Waals surface area contributed by atoms with Gasteiger partial charge >= 0.3 is 22.4 Å². The average molecular weight is 387 g/mol. The van der Waals surface area contributed by atoms with E-state index in [1.54, 1.807) is 0 Å². The van der Waals surface area contributed by atoms with Crippen molar-refractivity contribution in [2.24, 2.45) is 0 Å². The summed E-state index contributed by atoms with van der Waals surface area (Å²) in [5.41, 5.74) is 0. The van der Waals surface area contributed by atoms with Gasteiger partial charge in [-0.05, 0) is 18.5 Å². The van der Waals surface area contributed by atoms with E-state index in [0.29, 0.717) is 0 Å². The van der Waals surface area contributed by atoms with E-state index in [4.69, 9.17) is 0 Å². The van der Waals surface area contributed by atoms with Gasteiger partial charge in [-0.15, -0.1) is 19.7 Å². The molecule has 0 aromatic rings. The van der Waals surface area contributed by atoms with Crippen LogP contribution in [0.1, 0.15) is 0 Å². The molecule has 0 rings (SSSR count). The van der Waals surface area contributed by atoms with E-state index in [1.165, 1.54) is 0 Å². The maximum atomic E-state index is 3.71. The summed E-state index contributed by atoms with van der Waals surface area (Å²) in [5, 5.41) is 0. The van der Waals surface area contributed by atoms with Gasteiger partial charge in [0.25, 0.3) is 0 Å². The number of allylic oxidation sites excluding steroid dienone is 3. The average Bonchev–Trinajstić information content (AvgIpc) is 1.90. The monoisotopic (exact) mass is 386 g/mol. The molecule has 0 radical (unpaired) electrons. The van der Waals surface area contributed by atoms with Gasteiger partial charge in [0.15, 0.2) is 0 Å². The second-order valence-electron chi connectivity index (χ2n) is 2.08. The molecule has 0 spiro atoms. The van der Waals surface area contributed by atoms with Crippen molar-refractivity contribution in [1.82, 2.24) is 0 Å². The zero-order valence-electron chi connectivity index (χ0n) is 7.10. The fourth-order valence-electron chi connectivity index (χ4n) is 0.771. The van der Waals surface area contributed by atoms with Crippen LogP contribution in [-0.4, -0.2) is 18.5 Å². The van der Waals surface area contributed by atoms with Crippen LogP contribution in [0.5, 0.6) is 0 Å². The molecule has 0 bridgehead atoms. The van der Waals surface area contributed by atoms with Gasteiger partial charge in [0.05, 0.1) is 0 Å². The van der Waals surface area contributed by atoms with Crippen LogP contribution in [0.3, 0.4) is 0 Å². The quantitative estimate of drug-likeness (QED) is 0.343. The maximum absolute atomic E-state index is 3.71. The summed E-state index contributed by atoms with van der Waals surface area (Å²) >= 11 is 0. The van der Waals surface area contributed by atoms with Gasteiger partial charge < -0.3 is 12.4 Å². The molecule has 0 fully saturated rings. The Labute approximate surface area is 98.9 Å². The van der Waals surface area contributed by atoms with Crippen LogP contribution in [-0.2, 0) is 22.4 Å². The van der Waals surface area contributed by atoms with Gasteiger partial charge in [-0.3, -0.25) is 0 Å². The third-order valence-corrected chi connectivity index (χ3v) is 3.49. The Morgan fingerprint density at radius 2 is 1.08 bits per heavy atom. The molecular weight excluding hydrogens is 371 g/mol. The minimum Gasteiger partial charge on any atom is -1.00 e. The van der Waals surface area contributed by atoms with Gasteiger partial charge in [-0.2, -0.15) is 0 Å². The van der Waals surface area contributed by atoms with E-state index in [-0.39, 0.29) is 42.7 Å². The fourth-order valence-corrected chi connectivity index (χ4v) is 2.31. The molecule has 0 amide bonds. The summed E-state index contributed by atoms with van der Waals surface area (Å²) in [7, 11) is 0.0849. The van der Waals surface area contributed by atoms with Crippen molar-refractivity contribution in [3.8, 4) is 0 Å². The van der Waals surface area contributed by atoms with Crippen molar-refractivity contribution in [2.75, 3.05) is 18.5 Å². The predicted molar refractivity (Wildman–Crippen MR) is 52.1 cm³/mol. The van der Waals surface area contributed by atoms with E-state index in [2.05, 4.69) is 19.7 Å². The first-order valence-electron chi connectivity index (χ1n) is 3.40. The molecule has 0 aliphatic carbocycles. The first kappa shape index (κ1) is 18.5. The van der Waals surface area contributed by atoms with E-state index in [9.17, 15) is 0 Å². The molecule has 0 unspecified atom stereocenters. The Balaban J connectivity index is -0.000000405. The van der Waals surface area contributed by atoms with Crippen molar-refractivity contribution < 1.29 is 34.8 Å². The molecule has 0 aromatic heterocycles. The number of rotatable bonds is 6. The van der Waals surface area contributed by atoms with Crippen molar-refractivity contribution in [3.63, 3.8) is 0 Å². The summed E-state index contributed by atoms with van der Waals surface area (Å²) < 4.78 is 0. The standard InChI is InChI=1S/C9H15P.Au.ClH/c1-4-7-10(8-5-2)9-6-3;;/h4-6H,1-3,7-9H2;;1H/q;+1;/p-1. The second-order valence-corrected chi connectivity index (χ2v) is 4.52. The summed E-state index contributed by atoms with van der Waals surface area (Å²) in [6, 6.07) is 0. The fraction of sp³-hybridized carbons (Fsp3) is 0.333. The van der Waals surface area contributed by atoms with Gasteiger partial charge in [0.1, 0.15) is 0 Å². The molecule has 0 atom stereocenters. The topological polar surface area (TPSA) is 0 Å². The van der Waals surface area contributed by atoms with Crippen molar-refractivity contribution in [2.45, 2.75) is 0 Å². The number of halogens is 1. The Bertz CT molecular complexity index is 102. The van der Waals surface area contributed by atoms with Crippen LogP contribution in [0.25, 0.3) is 0 Å². The van der Waals surface area contributed by atoms with Gasteiger partial charge in [-0.1, -0.05) is 26.1 Å². The Morgan fingerprint density at radius 1 is 0.833 bits per heavy atom. The SMILES string of the molecule is C=CCP(CC=C)CC=C.[Au+].[Cl-]. The molecule has 0 saturated carbocycles. The summed E-state index contributed by atoms with van der Waals surface area (Å²) in [4.78, 5) is 0. The van der Waals surface area contributed by atoms with E-state index >= 15 is 0 Å². The first-order valence-corrected chi connectivity index (χ1v) is 5.30. The van der Waals surface area contributed by atoms with Gasteiger partial charge in [0, 0.05) is 0 Å². The summed E-state index contributed by atoms with van der Waals surface area (Å²) in [6.07, 6.45) is 9.35. The van der Waals surface area contributed by atoms with Crippen molar-refractivity contribution in [3.05, 3.63) is 38.0 Å². The molecule has 0 aromatic carbocycles. The van der Waals surface area contributed by atoms with Gasteiger partial charge in [-0.25, -0.2) is 0 Å². The molecule has 0 N–H and O–H groups in total. The zero-order valence-corrected chi connectivity index (χ0v) is 10.9. The van der Waals surface area contributed by atoms with Crippen LogP contribution < -0.4 is 12.4 Å². The molecule has 74 valence electrons. The van der Waals surface area contributed by atoms with E-state index in [0.717, 1.165) is 18.5 Å². The Morgan fingerprint density at radius 3 is 1.25 bits per heavy atom. The Hall–Kier alpha value is 0.680. The second kappa shape index (κ2) is 14.2. The molecular formula is C9H15AuClP. The predicted octanol–water partition coefficient (Wildman–Crippen LogP) is 0.0278. The van der Waals surface area contributed by atoms with Crippen LogP contribution >= 0.6 is 7.92 Å². The van der Waals surface area contributed by atoms with Crippen LogP contribution in [0.15, 0.2) is 38.0 Å².